The minimum Gasteiger partial charge on any atom is -0.507 e. The zero-order valence-electron chi connectivity index (χ0n) is 20.9. The summed E-state index contributed by atoms with van der Waals surface area (Å²) in [6.45, 7) is 6.27. The number of rotatable bonds is 6. The summed E-state index contributed by atoms with van der Waals surface area (Å²) in [5.41, 5.74) is 2.86. The fourth-order valence-electron chi connectivity index (χ4n) is 5.84. The molecule has 0 radical (unpaired) electrons. The van der Waals surface area contributed by atoms with Gasteiger partial charge in [-0.25, -0.2) is 0 Å². The van der Waals surface area contributed by atoms with Crippen LogP contribution in [-0.4, -0.2) is 64.9 Å². The molecule has 3 aromatic rings. The van der Waals surface area contributed by atoms with Gasteiger partial charge >= 0.3 is 0 Å². The van der Waals surface area contributed by atoms with Crippen molar-refractivity contribution in [3.63, 3.8) is 0 Å². The topological polar surface area (TPSA) is 81.6 Å². The normalized spacial score (nSPS) is 18.1. The molecule has 2 aliphatic rings. The van der Waals surface area contributed by atoms with Crippen LogP contribution in [0.2, 0.25) is 0 Å². The Morgan fingerprint density at radius 2 is 1.78 bits per heavy atom. The Labute approximate surface area is 213 Å². The van der Waals surface area contributed by atoms with Crippen LogP contribution in [-0.2, 0) is 10.2 Å². The average molecular weight is 486 g/mol. The quantitative estimate of drug-likeness (QED) is 0.550. The predicted molar refractivity (Wildman–Crippen MR) is 142 cm³/mol. The van der Waals surface area contributed by atoms with Crippen LogP contribution in [0.25, 0.3) is 11.3 Å². The second-order valence-electron chi connectivity index (χ2n) is 9.82. The molecule has 0 unspecified atom stereocenters. The van der Waals surface area contributed by atoms with Crippen molar-refractivity contribution in [1.82, 2.24) is 20.4 Å². The van der Waals surface area contributed by atoms with Gasteiger partial charge in [0.2, 0.25) is 5.91 Å². The number of anilines is 1. The highest BCUT2D eigenvalue weighted by Crippen LogP contribution is 2.40. The number of phenolic OH excluding ortho intramolecular Hbond substituents is 1. The molecular formula is C29H35N5O2. The van der Waals surface area contributed by atoms with Crippen molar-refractivity contribution >= 4 is 11.6 Å². The van der Waals surface area contributed by atoms with E-state index < -0.39 is 5.41 Å². The third-order valence-electron chi connectivity index (χ3n) is 7.89. The van der Waals surface area contributed by atoms with Crippen molar-refractivity contribution < 1.29 is 9.90 Å². The molecule has 3 heterocycles. The lowest BCUT2D eigenvalue weighted by Crippen LogP contribution is -2.56. The van der Waals surface area contributed by atoms with Gasteiger partial charge in [-0.05, 0) is 69.5 Å². The molecule has 2 fully saturated rings. The molecule has 0 atom stereocenters. The number of amides is 1. The summed E-state index contributed by atoms with van der Waals surface area (Å²) >= 11 is 0. The maximum absolute atomic E-state index is 14.3. The van der Waals surface area contributed by atoms with Crippen molar-refractivity contribution in [2.24, 2.45) is 0 Å². The number of aromatic hydroxyl groups is 1. The maximum Gasteiger partial charge on any atom is 0.233 e. The minimum atomic E-state index is -0.528. The van der Waals surface area contributed by atoms with Crippen molar-refractivity contribution in [3.8, 4) is 17.0 Å². The number of carbonyl (C=O) groups is 1. The largest absolute Gasteiger partial charge is 0.507 e. The van der Waals surface area contributed by atoms with E-state index in [1.165, 1.54) is 0 Å². The van der Waals surface area contributed by atoms with Crippen LogP contribution in [0.4, 0.5) is 5.69 Å². The van der Waals surface area contributed by atoms with Crippen molar-refractivity contribution in [3.05, 3.63) is 72.4 Å². The van der Waals surface area contributed by atoms with Gasteiger partial charge in [0.15, 0.2) is 0 Å². The molecule has 2 saturated heterocycles. The second kappa shape index (κ2) is 10.7. The maximum atomic E-state index is 14.3. The molecule has 7 heteroatoms. The molecule has 0 saturated carbocycles. The number of benzene rings is 2. The van der Waals surface area contributed by atoms with Gasteiger partial charge in [-0.3, -0.25) is 4.79 Å². The van der Waals surface area contributed by atoms with E-state index >= 15 is 0 Å². The number of aromatic nitrogens is 2. The fourth-order valence-corrected chi connectivity index (χ4v) is 5.84. The lowest BCUT2D eigenvalue weighted by Gasteiger charge is -2.46. The molecule has 2 aliphatic heterocycles. The Kier molecular flexibility index (Phi) is 7.18. The lowest BCUT2D eigenvalue weighted by molar-refractivity contribution is -0.141. The average Bonchev–Trinajstić information content (AvgIpc) is 2.95. The van der Waals surface area contributed by atoms with Crippen LogP contribution in [0.1, 0.15) is 38.2 Å². The predicted octanol–water partition coefficient (Wildman–Crippen LogP) is 3.99. The van der Waals surface area contributed by atoms with Gasteiger partial charge in [0, 0.05) is 31.2 Å². The third kappa shape index (κ3) is 4.67. The first-order valence-electron chi connectivity index (χ1n) is 13.1. The van der Waals surface area contributed by atoms with Crippen LogP contribution < -0.4 is 10.2 Å². The Hall–Kier alpha value is -3.45. The van der Waals surface area contributed by atoms with Gasteiger partial charge in [-0.15, -0.1) is 0 Å². The van der Waals surface area contributed by atoms with Crippen LogP contribution >= 0.6 is 0 Å². The number of phenols is 1. The first kappa shape index (κ1) is 24.3. The highest BCUT2D eigenvalue weighted by atomic mass is 16.3. The van der Waals surface area contributed by atoms with Crippen LogP contribution in [0.3, 0.4) is 0 Å². The first-order valence-corrected chi connectivity index (χ1v) is 13.1. The zero-order chi connectivity index (χ0) is 25.0. The molecule has 36 heavy (non-hydrogen) atoms. The van der Waals surface area contributed by atoms with Gasteiger partial charge in [0.05, 0.1) is 23.0 Å². The minimum absolute atomic E-state index is 0.189. The van der Waals surface area contributed by atoms with E-state index in [1.54, 1.807) is 18.3 Å². The molecule has 5 rings (SSSR count). The van der Waals surface area contributed by atoms with E-state index in [2.05, 4.69) is 44.4 Å². The highest BCUT2D eigenvalue weighted by molar-refractivity contribution is 5.89. The molecule has 2 N–H and O–H groups in total. The van der Waals surface area contributed by atoms with Crippen molar-refractivity contribution in [2.75, 3.05) is 37.6 Å². The van der Waals surface area contributed by atoms with E-state index in [0.29, 0.717) is 17.3 Å². The van der Waals surface area contributed by atoms with E-state index in [0.717, 1.165) is 69.7 Å². The Morgan fingerprint density at radius 3 is 2.47 bits per heavy atom. The molecule has 2 aromatic carbocycles. The number of piperidine rings is 2. The van der Waals surface area contributed by atoms with Gasteiger partial charge in [-0.2, -0.15) is 10.2 Å². The van der Waals surface area contributed by atoms with E-state index in [1.807, 2.05) is 36.4 Å². The summed E-state index contributed by atoms with van der Waals surface area (Å²) in [4.78, 5) is 18.7. The van der Waals surface area contributed by atoms with Gasteiger partial charge in [0.25, 0.3) is 0 Å². The first-order chi connectivity index (χ1) is 17.6. The Balaban J connectivity index is 1.41. The number of nitrogens with one attached hydrogen (secondary N) is 1. The smallest absolute Gasteiger partial charge is 0.233 e. The summed E-state index contributed by atoms with van der Waals surface area (Å²) in [6.07, 6.45) is 5.27. The molecule has 7 nitrogen and oxygen atoms in total. The van der Waals surface area contributed by atoms with E-state index in [-0.39, 0.29) is 11.7 Å². The number of likely N-dealkylation sites (N-methyl/N-ethyl adjacent to an activating group) is 1. The molecule has 0 aliphatic carbocycles. The van der Waals surface area contributed by atoms with Gasteiger partial charge in [-0.1, -0.05) is 42.5 Å². The number of para-hydroxylation sites is 1. The van der Waals surface area contributed by atoms with Crippen molar-refractivity contribution in [2.45, 2.75) is 44.1 Å². The van der Waals surface area contributed by atoms with Crippen LogP contribution in [0.15, 0.2) is 66.9 Å². The van der Waals surface area contributed by atoms with Crippen molar-refractivity contribution in [1.29, 1.82) is 0 Å². The summed E-state index contributed by atoms with van der Waals surface area (Å²) in [6, 6.07) is 19.8. The zero-order valence-corrected chi connectivity index (χ0v) is 20.9. The molecule has 0 bridgehead atoms. The van der Waals surface area contributed by atoms with Crippen LogP contribution in [0.5, 0.6) is 5.75 Å². The molecule has 1 aromatic heterocycles. The number of nitrogens with zero attached hydrogens (tertiary/aromatic N) is 4. The van der Waals surface area contributed by atoms with Gasteiger partial charge < -0.3 is 20.2 Å². The monoisotopic (exact) mass is 485 g/mol. The lowest BCUT2D eigenvalue weighted by atomic mass is 9.71. The number of hydrogen-bond donors (Lipinski definition) is 2. The van der Waals surface area contributed by atoms with Crippen LogP contribution in [0, 0.1) is 0 Å². The SMILES string of the molecule is CCN(C(=O)C1(c2ccccc2)CCN(c2cnnc(-c3ccccc3O)c2)CC1)C1CCNCC1. The second-order valence-corrected chi connectivity index (χ2v) is 9.82. The standard InChI is InChI=1S/C29H35N5O2/c1-2-34(23-12-16-30-17-13-23)28(36)29(22-8-4-3-5-9-22)14-18-33(19-15-29)24-20-26(32-31-21-24)25-10-6-7-11-27(25)35/h3-11,20-21,23,30,35H,2,12-19H2,1H3. The molecule has 188 valence electrons. The molecular weight excluding hydrogens is 450 g/mol. The molecule has 0 spiro atoms. The summed E-state index contributed by atoms with van der Waals surface area (Å²) < 4.78 is 0. The molecule has 1 amide bonds. The van der Waals surface area contributed by atoms with E-state index in [9.17, 15) is 9.90 Å². The fraction of sp³-hybridized carbons (Fsp3) is 0.414. The van der Waals surface area contributed by atoms with Gasteiger partial charge in [0.1, 0.15) is 5.75 Å². The number of carbonyl (C=O) groups excluding carboxylic acids is 1. The van der Waals surface area contributed by atoms with E-state index in [4.69, 9.17) is 0 Å². The Bertz CT molecular complexity index is 1170. The summed E-state index contributed by atoms with van der Waals surface area (Å²) in [5, 5.41) is 22.2. The summed E-state index contributed by atoms with van der Waals surface area (Å²) in [7, 11) is 0. The Morgan fingerprint density at radius 1 is 1.08 bits per heavy atom. The number of hydrogen-bond acceptors (Lipinski definition) is 6. The third-order valence-corrected chi connectivity index (χ3v) is 7.89. The highest BCUT2D eigenvalue weighted by Gasteiger charge is 2.46. The summed E-state index contributed by atoms with van der Waals surface area (Å²) in [5.74, 6) is 0.458.